The van der Waals surface area contributed by atoms with Crippen molar-refractivity contribution in [1.82, 2.24) is 0 Å². The second kappa shape index (κ2) is 3.08. The van der Waals surface area contributed by atoms with Gasteiger partial charge in [0.15, 0.2) is 0 Å². The van der Waals surface area contributed by atoms with E-state index in [1.165, 1.54) is 0 Å². The van der Waals surface area contributed by atoms with E-state index in [-0.39, 0.29) is 5.75 Å². The SMILES string of the molecule is Oc1c(S)cc2ccsc2c1I. The Morgan fingerprint density at radius 2 is 2.25 bits per heavy atom. The summed E-state index contributed by atoms with van der Waals surface area (Å²) in [6.07, 6.45) is 0. The number of hydrogen-bond donors (Lipinski definition) is 2. The lowest BCUT2D eigenvalue weighted by atomic mass is 10.2. The fourth-order valence-electron chi connectivity index (χ4n) is 1.05. The molecule has 0 bridgehead atoms. The van der Waals surface area contributed by atoms with Gasteiger partial charge in [0.05, 0.1) is 8.27 Å². The van der Waals surface area contributed by atoms with Crippen LogP contribution in [0.15, 0.2) is 22.4 Å². The molecule has 0 unspecified atom stereocenters. The van der Waals surface area contributed by atoms with E-state index in [1.807, 2.05) is 17.5 Å². The van der Waals surface area contributed by atoms with Crippen LogP contribution < -0.4 is 0 Å². The number of rotatable bonds is 0. The van der Waals surface area contributed by atoms with Gasteiger partial charge in [-0.25, -0.2) is 0 Å². The summed E-state index contributed by atoms with van der Waals surface area (Å²) in [6.45, 7) is 0. The van der Waals surface area contributed by atoms with Crippen molar-refractivity contribution in [2.45, 2.75) is 4.90 Å². The fourth-order valence-corrected chi connectivity index (χ4v) is 3.31. The number of hydrogen-bond acceptors (Lipinski definition) is 3. The zero-order chi connectivity index (χ0) is 8.72. The maximum absolute atomic E-state index is 9.55. The Kier molecular flexibility index (Phi) is 2.22. The van der Waals surface area contributed by atoms with Gasteiger partial charge in [-0.3, -0.25) is 0 Å². The number of thiophene rings is 1. The van der Waals surface area contributed by atoms with Gasteiger partial charge in [0, 0.05) is 4.90 Å². The van der Waals surface area contributed by atoms with Crippen LogP contribution in [0.3, 0.4) is 0 Å². The fraction of sp³-hybridized carbons (Fsp3) is 0. The van der Waals surface area contributed by atoms with Crippen molar-refractivity contribution in [2.75, 3.05) is 0 Å². The Hall–Kier alpha value is 0.0600. The minimum atomic E-state index is 0.286. The van der Waals surface area contributed by atoms with Gasteiger partial charge in [-0.2, -0.15) is 0 Å². The standard InChI is InChI=1S/C8H5IOS2/c9-6-7(10)5(11)3-4-1-2-12-8(4)6/h1-3,10-11H. The minimum absolute atomic E-state index is 0.286. The Morgan fingerprint density at radius 3 is 3.00 bits per heavy atom. The van der Waals surface area contributed by atoms with E-state index in [2.05, 4.69) is 35.2 Å². The molecule has 0 atom stereocenters. The molecule has 1 N–H and O–H groups in total. The number of halogens is 1. The highest BCUT2D eigenvalue weighted by atomic mass is 127. The largest absolute Gasteiger partial charge is 0.506 e. The third-order valence-corrected chi connectivity index (χ3v) is 4.34. The summed E-state index contributed by atoms with van der Waals surface area (Å²) < 4.78 is 2.02. The van der Waals surface area contributed by atoms with Gasteiger partial charge in [0.2, 0.25) is 0 Å². The van der Waals surface area contributed by atoms with Crippen LogP contribution in [-0.4, -0.2) is 5.11 Å². The van der Waals surface area contributed by atoms with Crippen molar-refractivity contribution >= 4 is 56.6 Å². The molecule has 62 valence electrons. The summed E-state index contributed by atoms with van der Waals surface area (Å²) in [4.78, 5) is 0.644. The zero-order valence-electron chi connectivity index (χ0n) is 5.91. The van der Waals surface area contributed by atoms with Crippen LogP contribution in [0.4, 0.5) is 0 Å². The molecule has 1 aromatic heterocycles. The van der Waals surface area contributed by atoms with E-state index in [9.17, 15) is 5.11 Å². The quantitative estimate of drug-likeness (QED) is 0.564. The van der Waals surface area contributed by atoms with Gasteiger partial charge in [-0.1, -0.05) is 0 Å². The first-order valence-electron chi connectivity index (χ1n) is 3.28. The summed E-state index contributed by atoms with van der Waals surface area (Å²) in [5, 5.41) is 12.7. The monoisotopic (exact) mass is 308 g/mol. The Bertz CT molecular complexity index is 436. The second-order valence-corrected chi connectivity index (χ2v) is 4.87. The average Bonchev–Trinajstić information content (AvgIpc) is 2.48. The smallest absolute Gasteiger partial charge is 0.143 e. The van der Waals surface area contributed by atoms with Crippen molar-refractivity contribution in [1.29, 1.82) is 0 Å². The third kappa shape index (κ3) is 1.22. The van der Waals surface area contributed by atoms with E-state index < -0.39 is 0 Å². The van der Waals surface area contributed by atoms with Gasteiger partial charge < -0.3 is 5.11 Å². The molecule has 4 heteroatoms. The van der Waals surface area contributed by atoms with Crippen LogP contribution in [0.1, 0.15) is 0 Å². The number of thiol groups is 1. The maximum atomic E-state index is 9.55. The highest BCUT2D eigenvalue weighted by Gasteiger charge is 2.08. The van der Waals surface area contributed by atoms with Gasteiger partial charge in [-0.05, 0) is 45.5 Å². The molecule has 0 amide bonds. The van der Waals surface area contributed by atoms with Crippen molar-refractivity contribution in [3.8, 4) is 5.75 Å². The van der Waals surface area contributed by atoms with Crippen LogP contribution in [0.2, 0.25) is 0 Å². The highest BCUT2D eigenvalue weighted by molar-refractivity contribution is 14.1. The molecule has 0 saturated heterocycles. The molecule has 2 rings (SSSR count). The van der Waals surface area contributed by atoms with E-state index in [1.54, 1.807) is 11.3 Å². The van der Waals surface area contributed by atoms with Crippen LogP contribution >= 0.6 is 46.6 Å². The Balaban J connectivity index is 2.94. The first kappa shape index (κ1) is 8.65. The van der Waals surface area contributed by atoms with E-state index >= 15 is 0 Å². The van der Waals surface area contributed by atoms with Gasteiger partial charge in [-0.15, -0.1) is 24.0 Å². The molecule has 0 fully saturated rings. The summed E-state index contributed by atoms with van der Waals surface area (Å²) >= 11 is 7.94. The topological polar surface area (TPSA) is 20.2 Å². The molecule has 2 aromatic rings. The normalized spacial score (nSPS) is 10.8. The Labute approximate surface area is 93.0 Å². The first-order valence-corrected chi connectivity index (χ1v) is 5.68. The van der Waals surface area contributed by atoms with Crippen molar-refractivity contribution in [3.63, 3.8) is 0 Å². The van der Waals surface area contributed by atoms with Crippen LogP contribution in [0.5, 0.6) is 5.75 Å². The molecule has 0 aliphatic heterocycles. The minimum Gasteiger partial charge on any atom is -0.506 e. The van der Waals surface area contributed by atoms with Crippen LogP contribution in [0.25, 0.3) is 10.1 Å². The zero-order valence-corrected chi connectivity index (χ0v) is 9.78. The average molecular weight is 308 g/mol. The molecule has 1 heterocycles. The molecule has 1 nitrogen and oxygen atoms in total. The maximum Gasteiger partial charge on any atom is 0.143 e. The number of phenols is 1. The number of fused-ring (bicyclic) bond motifs is 1. The summed E-state index contributed by atoms with van der Waals surface area (Å²) in [5.74, 6) is 0.286. The highest BCUT2D eigenvalue weighted by Crippen LogP contribution is 2.36. The Morgan fingerprint density at radius 1 is 1.50 bits per heavy atom. The predicted octanol–water partition coefficient (Wildman–Crippen LogP) is 3.50. The lowest BCUT2D eigenvalue weighted by Gasteiger charge is -2.01. The summed E-state index contributed by atoms with van der Waals surface area (Å²) in [7, 11) is 0. The summed E-state index contributed by atoms with van der Waals surface area (Å²) in [6, 6.07) is 3.91. The van der Waals surface area contributed by atoms with E-state index in [0.717, 1.165) is 13.7 Å². The number of phenolic OH excluding ortho intramolecular Hbond substituents is 1. The molecule has 12 heavy (non-hydrogen) atoms. The van der Waals surface area contributed by atoms with E-state index in [0.29, 0.717) is 4.90 Å². The van der Waals surface area contributed by atoms with Crippen LogP contribution in [0, 0.1) is 3.57 Å². The van der Waals surface area contributed by atoms with Gasteiger partial charge in [0.1, 0.15) is 5.75 Å². The van der Waals surface area contributed by atoms with Crippen molar-refractivity contribution in [2.24, 2.45) is 0 Å². The molecule has 0 saturated carbocycles. The molecular formula is C8H5IOS2. The van der Waals surface area contributed by atoms with Gasteiger partial charge >= 0.3 is 0 Å². The van der Waals surface area contributed by atoms with Crippen molar-refractivity contribution < 1.29 is 5.11 Å². The molecule has 0 aliphatic carbocycles. The molecule has 0 spiro atoms. The lowest BCUT2D eigenvalue weighted by Crippen LogP contribution is -1.76. The first-order chi connectivity index (χ1) is 5.70. The molecular weight excluding hydrogens is 303 g/mol. The lowest BCUT2D eigenvalue weighted by molar-refractivity contribution is 0.460. The summed E-state index contributed by atoms with van der Waals surface area (Å²) in [5.41, 5.74) is 0. The molecule has 0 aliphatic rings. The van der Waals surface area contributed by atoms with E-state index in [4.69, 9.17) is 0 Å². The second-order valence-electron chi connectivity index (χ2n) is 2.40. The van der Waals surface area contributed by atoms with Crippen molar-refractivity contribution in [3.05, 3.63) is 21.1 Å². The molecule has 1 aromatic carbocycles. The van der Waals surface area contributed by atoms with Gasteiger partial charge in [0.25, 0.3) is 0 Å². The number of benzene rings is 1. The van der Waals surface area contributed by atoms with Crippen LogP contribution in [-0.2, 0) is 0 Å². The number of aromatic hydroxyl groups is 1. The molecule has 0 radical (unpaired) electrons. The third-order valence-electron chi connectivity index (χ3n) is 1.64. The predicted molar refractivity (Wildman–Crippen MR) is 63.5 cm³/mol.